The molecular formula is C25H23N3O3. The maximum atomic E-state index is 13.2. The molecule has 0 saturated carbocycles. The number of nitrogens with zero attached hydrogens (tertiary/aromatic N) is 1. The monoisotopic (exact) mass is 413 g/mol. The Kier molecular flexibility index (Phi) is 4.50. The molecule has 5 rings (SSSR count). The summed E-state index contributed by atoms with van der Waals surface area (Å²) in [4.78, 5) is 39.5. The molecule has 6 nitrogen and oxygen atoms in total. The lowest BCUT2D eigenvalue weighted by Crippen LogP contribution is -2.44. The maximum absolute atomic E-state index is 13.2. The minimum Gasteiger partial charge on any atom is -0.348 e. The van der Waals surface area contributed by atoms with Crippen LogP contribution in [0.5, 0.6) is 0 Å². The molecule has 1 aliphatic carbocycles. The highest BCUT2D eigenvalue weighted by molar-refractivity contribution is 6.10. The van der Waals surface area contributed by atoms with E-state index in [9.17, 15) is 14.4 Å². The first kappa shape index (κ1) is 19.3. The molecule has 31 heavy (non-hydrogen) atoms. The summed E-state index contributed by atoms with van der Waals surface area (Å²) in [6.45, 7) is 1.59. The molecule has 2 N–H and O–H groups in total. The van der Waals surface area contributed by atoms with Gasteiger partial charge in [-0.15, -0.1) is 0 Å². The molecule has 2 aliphatic rings. The number of rotatable bonds is 4. The van der Waals surface area contributed by atoms with Crippen molar-refractivity contribution in [1.82, 2.24) is 15.5 Å². The van der Waals surface area contributed by atoms with Gasteiger partial charge in [0, 0.05) is 0 Å². The second-order valence-electron chi connectivity index (χ2n) is 8.28. The predicted octanol–water partition coefficient (Wildman–Crippen LogP) is 3.41. The Morgan fingerprint density at radius 2 is 1.81 bits per heavy atom. The quantitative estimate of drug-likeness (QED) is 0.644. The molecule has 156 valence electrons. The van der Waals surface area contributed by atoms with Crippen molar-refractivity contribution in [2.24, 2.45) is 0 Å². The van der Waals surface area contributed by atoms with Crippen LogP contribution in [0, 0.1) is 0 Å². The van der Waals surface area contributed by atoms with Crippen molar-refractivity contribution in [2.45, 2.75) is 31.3 Å². The molecule has 2 atom stereocenters. The number of hydrogen-bond donors (Lipinski definition) is 2. The molecule has 2 unspecified atom stereocenters. The minimum atomic E-state index is -1.04. The fraction of sp³-hybridized carbons (Fsp3) is 0.240. The summed E-state index contributed by atoms with van der Waals surface area (Å²) in [6.07, 6.45) is 1.24. The number of fused-ring (bicyclic) bond motifs is 3. The largest absolute Gasteiger partial charge is 0.348 e. The highest BCUT2D eigenvalue weighted by Gasteiger charge is 2.55. The smallest absolute Gasteiger partial charge is 0.325 e. The van der Waals surface area contributed by atoms with Crippen molar-refractivity contribution < 1.29 is 14.4 Å². The van der Waals surface area contributed by atoms with Gasteiger partial charge in [0.1, 0.15) is 12.1 Å². The number of carbonyl (C=O) groups is 3. The van der Waals surface area contributed by atoms with Crippen molar-refractivity contribution in [3.63, 3.8) is 0 Å². The molecule has 1 aliphatic heterocycles. The zero-order valence-electron chi connectivity index (χ0n) is 17.2. The molecule has 1 heterocycles. The number of aryl methyl sites for hydroxylation is 1. The summed E-state index contributed by atoms with van der Waals surface area (Å²) in [7, 11) is 0. The molecular weight excluding hydrogens is 390 g/mol. The summed E-state index contributed by atoms with van der Waals surface area (Å²) in [5.74, 6) is -0.719. The van der Waals surface area contributed by atoms with Gasteiger partial charge in [0.2, 0.25) is 5.91 Å². The molecule has 3 aromatic carbocycles. The molecule has 1 fully saturated rings. The lowest BCUT2D eigenvalue weighted by molar-refractivity contribution is -0.135. The third-order valence-corrected chi connectivity index (χ3v) is 6.37. The number of hydrogen-bond acceptors (Lipinski definition) is 3. The van der Waals surface area contributed by atoms with Gasteiger partial charge in [-0.3, -0.25) is 14.5 Å². The second-order valence-corrected chi connectivity index (χ2v) is 8.28. The Bertz CT molecular complexity index is 1220. The SMILES string of the molecule is CC(NC(=O)CN1C(=O)NC2(CCc3ccccc32)C1=O)c1ccc2ccccc2c1. The Balaban J connectivity index is 1.30. The Morgan fingerprint density at radius 3 is 2.65 bits per heavy atom. The van der Waals surface area contributed by atoms with Gasteiger partial charge >= 0.3 is 6.03 Å². The van der Waals surface area contributed by atoms with Crippen LogP contribution in [0.1, 0.15) is 36.1 Å². The molecule has 4 amide bonds. The van der Waals surface area contributed by atoms with Crippen LogP contribution < -0.4 is 10.6 Å². The van der Waals surface area contributed by atoms with E-state index < -0.39 is 11.6 Å². The van der Waals surface area contributed by atoms with Crippen LogP contribution in [0.25, 0.3) is 10.8 Å². The van der Waals surface area contributed by atoms with Gasteiger partial charge in [-0.2, -0.15) is 0 Å². The first-order valence-corrected chi connectivity index (χ1v) is 10.5. The van der Waals surface area contributed by atoms with Crippen LogP contribution in [-0.4, -0.2) is 29.3 Å². The highest BCUT2D eigenvalue weighted by Crippen LogP contribution is 2.41. The predicted molar refractivity (Wildman–Crippen MR) is 117 cm³/mol. The van der Waals surface area contributed by atoms with Crippen LogP contribution >= 0.6 is 0 Å². The van der Waals surface area contributed by atoms with E-state index in [0.717, 1.165) is 38.8 Å². The van der Waals surface area contributed by atoms with Crippen LogP contribution in [0.3, 0.4) is 0 Å². The van der Waals surface area contributed by atoms with Crippen LogP contribution in [0.15, 0.2) is 66.7 Å². The number of imide groups is 1. The van der Waals surface area contributed by atoms with Gasteiger partial charge in [0.15, 0.2) is 0 Å². The zero-order valence-corrected chi connectivity index (χ0v) is 17.2. The minimum absolute atomic E-state index is 0.251. The fourth-order valence-corrected chi connectivity index (χ4v) is 4.72. The molecule has 6 heteroatoms. The van der Waals surface area contributed by atoms with Crippen molar-refractivity contribution in [3.8, 4) is 0 Å². The third kappa shape index (κ3) is 3.15. The molecule has 0 bridgehead atoms. The summed E-state index contributed by atoms with van der Waals surface area (Å²) in [6, 6.07) is 21.0. The van der Waals surface area contributed by atoms with Crippen LogP contribution in [0.4, 0.5) is 4.79 Å². The second kappa shape index (κ2) is 7.23. The van der Waals surface area contributed by atoms with Crippen LogP contribution in [0.2, 0.25) is 0 Å². The number of carbonyl (C=O) groups excluding carboxylic acids is 3. The van der Waals surface area contributed by atoms with Crippen molar-refractivity contribution in [2.75, 3.05) is 6.54 Å². The molecule has 1 saturated heterocycles. The normalized spacial score (nSPS) is 20.7. The van der Waals surface area contributed by atoms with E-state index in [1.165, 1.54) is 0 Å². The lowest BCUT2D eigenvalue weighted by Gasteiger charge is -2.22. The maximum Gasteiger partial charge on any atom is 0.325 e. The fourth-order valence-electron chi connectivity index (χ4n) is 4.72. The Hall–Kier alpha value is -3.67. The van der Waals surface area contributed by atoms with E-state index >= 15 is 0 Å². The van der Waals surface area contributed by atoms with E-state index in [1.54, 1.807) is 0 Å². The van der Waals surface area contributed by atoms with Crippen molar-refractivity contribution in [1.29, 1.82) is 0 Å². The summed E-state index contributed by atoms with van der Waals surface area (Å²) >= 11 is 0. The molecule has 1 spiro atoms. The lowest BCUT2D eigenvalue weighted by atomic mass is 9.92. The number of nitrogens with one attached hydrogen (secondary N) is 2. The van der Waals surface area contributed by atoms with E-state index in [-0.39, 0.29) is 24.4 Å². The number of urea groups is 1. The van der Waals surface area contributed by atoms with Gasteiger partial charge in [0.05, 0.1) is 6.04 Å². The van der Waals surface area contributed by atoms with Gasteiger partial charge in [0.25, 0.3) is 5.91 Å². The number of amides is 4. The average molecular weight is 413 g/mol. The Labute approximate surface area is 180 Å². The first-order chi connectivity index (χ1) is 15.0. The van der Waals surface area contributed by atoms with Gasteiger partial charge in [-0.25, -0.2) is 4.79 Å². The molecule has 0 radical (unpaired) electrons. The van der Waals surface area contributed by atoms with Crippen LogP contribution in [-0.2, 0) is 21.5 Å². The van der Waals surface area contributed by atoms with Gasteiger partial charge in [-0.05, 0) is 53.3 Å². The first-order valence-electron chi connectivity index (χ1n) is 10.5. The van der Waals surface area contributed by atoms with Crippen molar-refractivity contribution >= 4 is 28.6 Å². The van der Waals surface area contributed by atoms with E-state index in [2.05, 4.69) is 10.6 Å². The molecule has 3 aromatic rings. The number of benzene rings is 3. The highest BCUT2D eigenvalue weighted by atomic mass is 16.2. The summed E-state index contributed by atoms with van der Waals surface area (Å²) < 4.78 is 0. The molecule has 0 aromatic heterocycles. The van der Waals surface area contributed by atoms with Crippen molar-refractivity contribution in [3.05, 3.63) is 83.4 Å². The zero-order chi connectivity index (χ0) is 21.6. The summed E-state index contributed by atoms with van der Waals surface area (Å²) in [5, 5.41) is 7.99. The van der Waals surface area contributed by atoms with E-state index in [4.69, 9.17) is 0 Å². The summed E-state index contributed by atoms with van der Waals surface area (Å²) in [5.41, 5.74) is 1.82. The van der Waals surface area contributed by atoms with E-state index in [0.29, 0.717) is 6.42 Å². The van der Waals surface area contributed by atoms with Gasteiger partial charge in [-0.1, -0.05) is 60.7 Å². The standard InChI is InChI=1S/C25H23N3O3/c1-16(19-11-10-17-6-2-3-8-20(17)14-19)26-22(29)15-28-23(30)25(27-24(28)31)13-12-18-7-4-5-9-21(18)25/h2-11,14,16H,12-13,15H2,1H3,(H,26,29)(H,27,31). The Morgan fingerprint density at radius 1 is 1.06 bits per heavy atom. The average Bonchev–Trinajstić information content (AvgIpc) is 3.26. The third-order valence-electron chi connectivity index (χ3n) is 6.37. The van der Waals surface area contributed by atoms with E-state index in [1.807, 2.05) is 73.7 Å². The topological polar surface area (TPSA) is 78.5 Å². The van der Waals surface area contributed by atoms with Gasteiger partial charge < -0.3 is 10.6 Å².